The van der Waals surface area contributed by atoms with E-state index < -0.39 is 17.7 Å². The van der Waals surface area contributed by atoms with Crippen molar-refractivity contribution in [3.63, 3.8) is 0 Å². The standard InChI is InChI=1S/C30H32N2O4/c1-19(2)18-36-24-10-6-8-20(16-24)27(33)25-26(21-9-7-15-31-17-21)32(29(35)28(25)34)23-13-11-22(12-14-23)30(3,4)5/h6-17,19,26,33H,18H2,1-5H3/b27-25+. The molecule has 6 nitrogen and oxygen atoms in total. The number of Topliss-reactive ketones (excluding diaryl/α,β-unsaturated/α-hetero) is 1. The molecule has 1 aliphatic heterocycles. The van der Waals surface area contributed by atoms with Crippen molar-refractivity contribution in [3.05, 3.63) is 95.3 Å². The highest BCUT2D eigenvalue weighted by Crippen LogP contribution is 2.42. The van der Waals surface area contributed by atoms with Crippen molar-refractivity contribution in [1.82, 2.24) is 4.98 Å². The first-order chi connectivity index (χ1) is 17.1. The van der Waals surface area contributed by atoms with Gasteiger partial charge in [0.2, 0.25) is 0 Å². The monoisotopic (exact) mass is 484 g/mol. The molecule has 36 heavy (non-hydrogen) atoms. The van der Waals surface area contributed by atoms with Crippen LogP contribution >= 0.6 is 0 Å². The van der Waals surface area contributed by atoms with Crippen LogP contribution in [0.5, 0.6) is 5.75 Å². The van der Waals surface area contributed by atoms with Crippen LogP contribution in [-0.2, 0) is 15.0 Å². The van der Waals surface area contributed by atoms with Gasteiger partial charge in [-0.1, -0.05) is 65.0 Å². The third kappa shape index (κ3) is 5.03. The van der Waals surface area contributed by atoms with E-state index in [9.17, 15) is 14.7 Å². The van der Waals surface area contributed by atoms with E-state index >= 15 is 0 Å². The summed E-state index contributed by atoms with van der Waals surface area (Å²) >= 11 is 0. The zero-order valence-electron chi connectivity index (χ0n) is 21.4. The van der Waals surface area contributed by atoms with E-state index in [2.05, 4.69) is 25.8 Å². The number of hydrogen-bond acceptors (Lipinski definition) is 5. The molecule has 0 aliphatic carbocycles. The zero-order chi connectivity index (χ0) is 26.0. The first-order valence-corrected chi connectivity index (χ1v) is 12.1. The lowest BCUT2D eigenvalue weighted by Gasteiger charge is -2.26. The van der Waals surface area contributed by atoms with E-state index in [-0.39, 0.29) is 16.7 Å². The maximum absolute atomic E-state index is 13.4. The Bertz CT molecular complexity index is 1290. The largest absolute Gasteiger partial charge is 0.507 e. The smallest absolute Gasteiger partial charge is 0.300 e. The van der Waals surface area contributed by atoms with Crippen LogP contribution in [0.2, 0.25) is 0 Å². The average molecular weight is 485 g/mol. The van der Waals surface area contributed by atoms with E-state index in [1.807, 2.05) is 38.1 Å². The van der Waals surface area contributed by atoms with Crippen LogP contribution in [0.3, 0.4) is 0 Å². The number of nitrogens with zero attached hydrogens (tertiary/aromatic N) is 2. The number of anilines is 1. The Labute approximate surface area is 212 Å². The van der Waals surface area contributed by atoms with Crippen molar-refractivity contribution < 1.29 is 19.4 Å². The Morgan fingerprint density at radius 1 is 1.06 bits per heavy atom. The molecule has 1 aromatic heterocycles. The molecule has 1 aliphatic rings. The molecule has 2 heterocycles. The molecule has 0 bridgehead atoms. The maximum Gasteiger partial charge on any atom is 0.300 e. The maximum atomic E-state index is 13.4. The van der Waals surface area contributed by atoms with Gasteiger partial charge in [-0.05, 0) is 52.8 Å². The number of ether oxygens (including phenoxy) is 1. The van der Waals surface area contributed by atoms with Crippen LogP contribution in [0, 0.1) is 5.92 Å². The fourth-order valence-electron chi connectivity index (χ4n) is 4.23. The molecule has 1 unspecified atom stereocenters. The molecule has 2 aromatic carbocycles. The van der Waals surface area contributed by atoms with E-state index in [0.29, 0.717) is 35.1 Å². The van der Waals surface area contributed by atoms with E-state index in [0.717, 1.165) is 5.56 Å². The van der Waals surface area contributed by atoms with Gasteiger partial charge in [-0.3, -0.25) is 19.5 Å². The van der Waals surface area contributed by atoms with Gasteiger partial charge >= 0.3 is 0 Å². The molecular formula is C30H32N2O4. The lowest BCUT2D eigenvalue weighted by Crippen LogP contribution is -2.29. The van der Waals surface area contributed by atoms with Gasteiger partial charge in [0.25, 0.3) is 11.7 Å². The molecule has 4 rings (SSSR count). The van der Waals surface area contributed by atoms with Gasteiger partial charge in [0.1, 0.15) is 11.5 Å². The number of hydrogen-bond donors (Lipinski definition) is 1. The summed E-state index contributed by atoms with van der Waals surface area (Å²) in [6, 6.07) is 17.3. The number of aliphatic hydroxyl groups excluding tert-OH is 1. The summed E-state index contributed by atoms with van der Waals surface area (Å²) in [4.78, 5) is 32.3. The average Bonchev–Trinajstić information content (AvgIpc) is 3.13. The molecule has 1 amide bonds. The summed E-state index contributed by atoms with van der Waals surface area (Å²) in [6.07, 6.45) is 3.24. The van der Waals surface area contributed by atoms with Crippen molar-refractivity contribution in [2.24, 2.45) is 5.92 Å². The van der Waals surface area contributed by atoms with Crippen molar-refractivity contribution in [3.8, 4) is 5.75 Å². The normalized spacial score (nSPS) is 17.6. The van der Waals surface area contributed by atoms with Crippen molar-refractivity contribution in [1.29, 1.82) is 0 Å². The van der Waals surface area contributed by atoms with Gasteiger partial charge in [-0.15, -0.1) is 0 Å². The van der Waals surface area contributed by atoms with Gasteiger partial charge in [0, 0.05) is 23.6 Å². The highest BCUT2D eigenvalue weighted by molar-refractivity contribution is 6.51. The number of rotatable bonds is 6. The predicted octanol–water partition coefficient (Wildman–Crippen LogP) is 6.04. The molecule has 0 saturated carbocycles. The number of carbonyl (C=O) groups is 2. The Hall–Kier alpha value is -3.93. The second kappa shape index (κ2) is 9.97. The first kappa shape index (κ1) is 25.2. The van der Waals surface area contributed by atoms with E-state index in [4.69, 9.17) is 4.74 Å². The molecule has 3 aromatic rings. The van der Waals surface area contributed by atoms with E-state index in [1.54, 1.807) is 48.8 Å². The topological polar surface area (TPSA) is 79.7 Å². The van der Waals surface area contributed by atoms with Crippen LogP contribution < -0.4 is 9.64 Å². The van der Waals surface area contributed by atoms with Gasteiger partial charge in [0.05, 0.1) is 18.2 Å². The number of ketones is 1. The minimum absolute atomic E-state index is 0.0221. The summed E-state index contributed by atoms with van der Waals surface area (Å²) < 4.78 is 5.80. The van der Waals surface area contributed by atoms with Crippen molar-refractivity contribution >= 4 is 23.1 Å². The molecule has 1 N–H and O–H groups in total. The molecule has 0 spiro atoms. The van der Waals surface area contributed by atoms with Crippen LogP contribution in [0.25, 0.3) is 5.76 Å². The summed E-state index contributed by atoms with van der Waals surface area (Å²) in [5.74, 6) is -0.762. The molecular weight excluding hydrogens is 452 g/mol. The third-order valence-electron chi connectivity index (χ3n) is 6.15. The molecule has 186 valence electrons. The molecule has 1 saturated heterocycles. The number of carbonyl (C=O) groups excluding carboxylic acids is 2. The summed E-state index contributed by atoms with van der Waals surface area (Å²) in [5.41, 5.74) is 2.69. The number of aliphatic hydroxyl groups is 1. The number of aromatic nitrogens is 1. The van der Waals surface area contributed by atoms with Crippen LogP contribution in [0.15, 0.2) is 78.6 Å². The number of pyridine rings is 1. The van der Waals surface area contributed by atoms with Gasteiger partial charge in [0.15, 0.2) is 0 Å². The Morgan fingerprint density at radius 3 is 2.39 bits per heavy atom. The summed E-state index contributed by atoms with van der Waals surface area (Å²) in [6.45, 7) is 11.0. The molecule has 1 fully saturated rings. The fraction of sp³-hybridized carbons (Fsp3) is 0.300. The first-order valence-electron chi connectivity index (χ1n) is 12.1. The lowest BCUT2D eigenvalue weighted by molar-refractivity contribution is -0.132. The highest BCUT2D eigenvalue weighted by atomic mass is 16.5. The Balaban J connectivity index is 1.83. The summed E-state index contributed by atoms with van der Waals surface area (Å²) in [7, 11) is 0. The van der Waals surface area contributed by atoms with Crippen LogP contribution in [-0.4, -0.2) is 28.4 Å². The van der Waals surface area contributed by atoms with Crippen LogP contribution in [0.4, 0.5) is 5.69 Å². The predicted molar refractivity (Wildman–Crippen MR) is 141 cm³/mol. The highest BCUT2D eigenvalue weighted by Gasteiger charge is 2.47. The molecule has 1 atom stereocenters. The Kier molecular flexibility index (Phi) is 6.97. The minimum atomic E-state index is -0.820. The van der Waals surface area contributed by atoms with Crippen LogP contribution in [0.1, 0.15) is 57.4 Å². The van der Waals surface area contributed by atoms with Gasteiger partial charge < -0.3 is 9.84 Å². The number of benzene rings is 2. The Morgan fingerprint density at radius 2 is 1.78 bits per heavy atom. The van der Waals surface area contributed by atoms with Crippen molar-refractivity contribution in [2.75, 3.05) is 11.5 Å². The quantitative estimate of drug-likeness (QED) is 0.262. The minimum Gasteiger partial charge on any atom is -0.507 e. The second-order valence-corrected chi connectivity index (χ2v) is 10.5. The fourth-order valence-corrected chi connectivity index (χ4v) is 4.23. The lowest BCUT2D eigenvalue weighted by atomic mass is 9.87. The SMILES string of the molecule is CC(C)COc1cccc(/C(O)=C2\C(=O)C(=O)N(c3ccc(C(C)(C)C)cc3)C2c2cccnc2)c1. The zero-order valence-corrected chi connectivity index (χ0v) is 21.4. The second-order valence-electron chi connectivity index (χ2n) is 10.5. The van der Waals surface area contributed by atoms with Crippen molar-refractivity contribution in [2.45, 2.75) is 46.1 Å². The number of amides is 1. The molecule has 6 heteroatoms. The summed E-state index contributed by atoms with van der Waals surface area (Å²) in [5, 5.41) is 11.4. The van der Waals surface area contributed by atoms with Gasteiger partial charge in [-0.25, -0.2) is 0 Å². The molecule has 0 radical (unpaired) electrons. The third-order valence-corrected chi connectivity index (χ3v) is 6.15. The van der Waals surface area contributed by atoms with Gasteiger partial charge in [-0.2, -0.15) is 0 Å². The van der Waals surface area contributed by atoms with E-state index in [1.165, 1.54) is 4.90 Å².